The van der Waals surface area contributed by atoms with Crippen molar-refractivity contribution in [2.24, 2.45) is 0 Å². The number of hydrogen-bond acceptors (Lipinski definition) is 3. The molecule has 1 N–H and O–H groups in total. The van der Waals surface area contributed by atoms with E-state index >= 15 is 0 Å². The molecule has 4 heteroatoms. The van der Waals surface area contributed by atoms with Gasteiger partial charge in [-0.25, -0.2) is 0 Å². The Labute approximate surface area is 108 Å². The maximum Gasteiger partial charge on any atom is 0.111 e. The number of nitrogens with zero attached hydrogens (tertiary/aromatic N) is 1. The van der Waals surface area contributed by atoms with E-state index in [9.17, 15) is 5.11 Å². The number of aliphatic hydroxyl groups excluding tert-OH is 1. The predicted octanol–water partition coefficient (Wildman–Crippen LogP) is 1.66. The number of fused-ring (bicyclic) bond motifs is 1. The van der Waals surface area contributed by atoms with Gasteiger partial charge >= 0.3 is 0 Å². The number of rotatable bonds is 3. The Hall–Kier alpha value is -0.840. The maximum atomic E-state index is 9.99. The summed E-state index contributed by atoms with van der Waals surface area (Å²) in [4.78, 5) is 0. The topological polar surface area (TPSA) is 43.6 Å². The van der Waals surface area contributed by atoms with Gasteiger partial charge in [0.15, 0.2) is 0 Å². The lowest BCUT2D eigenvalue weighted by atomic mass is 9.95. The van der Waals surface area contributed by atoms with Crippen molar-refractivity contribution in [3.63, 3.8) is 0 Å². The zero-order chi connectivity index (χ0) is 12.6. The first-order chi connectivity index (χ1) is 8.74. The van der Waals surface area contributed by atoms with E-state index in [-0.39, 0.29) is 11.7 Å². The van der Waals surface area contributed by atoms with Gasteiger partial charge in [-0.1, -0.05) is 0 Å². The molecule has 0 spiro atoms. The maximum absolute atomic E-state index is 9.99. The van der Waals surface area contributed by atoms with Crippen LogP contribution in [0.1, 0.15) is 36.6 Å². The van der Waals surface area contributed by atoms with Crippen molar-refractivity contribution in [2.45, 2.75) is 43.9 Å². The van der Waals surface area contributed by atoms with Gasteiger partial charge in [0.2, 0.25) is 0 Å². The van der Waals surface area contributed by atoms with E-state index in [0.29, 0.717) is 6.61 Å². The van der Waals surface area contributed by atoms with Gasteiger partial charge in [0.25, 0.3) is 0 Å². The van der Waals surface area contributed by atoms with Crippen molar-refractivity contribution in [3.05, 3.63) is 23.5 Å². The Morgan fingerprint density at radius 2 is 2.50 bits per heavy atom. The van der Waals surface area contributed by atoms with Gasteiger partial charge < -0.3 is 19.1 Å². The fourth-order valence-electron chi connectivity index (χ4n) is 3.13. The minimum Gasteiger partial charge on any atom is -0.388 e. The van der Waals surface area contributed by atoms with Crippen LogP contribution in [-0.2, 0) is 22.4 Å². The minimum absolute atomic E-state index is 0.185. The molecule has 0 amide bonds. The van der Waals surface area contributed by atoms with E-state index < -0.39 is 0 Å². The SMILES string of the molecule is COC1(Cn2ccc3c2CCCC3O)CCOC1. The van der Waals surface area contributed by atoms with Crippen LogP contribution in [0.3, 0.4) is 0 Å². The van der Waals surface area contributed by atoms with Crippen LogP contribution in [0.4, 0.5) is 0 Å². The monoisotopic (exact) mass is 251 g/mol. The quantitative estimate of drug-likeness (QED) is 0.888. The number of aromatic nitrogens is 1. The second-order valence-electron chi connectivity index (χ2n) is 5.44. The molecule has 0 aromatic carbocycles. The van der Waals surface area contributed by atoms with E-state index in [0.717, 1.165) is 44.4 Å². The molecule has 0 saturated carbocycles. The van der Waals surface area contributed by atoms with Crippen molar-refractivity contribution in [3.8, 4) is 0 Å². The van der Waals surface area contributed by atoms with Gasteiger partial charge in [0, 0.05) is 37.6 Å². The van der Waals surface area contributed by atoms with E-state index in [1.807, 2.05) is 0 Å². The fraction of sp³-hybridized carbons (Fsp3) is 0.714. The molecule has 2 aliphatic rings. The minimum atomic E-state index is -0.284. The van der Waals surface area contributed by atoms with Crippen molar-refractivity contribution in [1.29, 1.82) is 0 Å². The first kappa shape index (κ1) is 12.2. The first-order valence-electron chi connectivity index (χ1n) is 6.73. The summed E-state index contributed by atoms with van der Waals surface area (Å²) >= 11 is 0. The molecule has 1 aromatic rings. The highest BCUT2D eigenvalue weighted by molar-refractivity contribution is 5.27. The van der Waals surface area contributed by atoms with Crippen LogP contribution in [0.15, 0.2) is 12.3 Å². The number of methoxy groups -OCH3 is 1. The van der Waals surface area contributed by atoms with E-state index in [1.54, 1.807) is 7.11 Å². The largest absolute Gasteiger partial charge is 0.388 e. The molecule has 0 bridgehead atoms. The van der Waals surface area contributed by atoms with E-state index in [2.05, 4.69) is 16.8 Å². The third kappa shape index (κ3) is 1.98. The molecule has 1 aliphatic carbocycles. The van der Waals surface area contributed by atoms with Crippen molar-refractivity contribution >= 4 is 0 Å². The first-order valence-corrected chi connectivity index (χ1v) is 6.73. The second kappa shape index (κ2) is 4.68. The van der Waals surface area contributed by atoms with Crippen LogP contribution < -0.4 is 0 Å². The highest BCUT2D eigenvalue weighted by Crippen LogP contribution is 2.32. The van der Waals surface area contributed by atoms with Crippen LogP contribution in [0, 0.1) is 0 Å². The molecule has 1 saturated heterocycles. The molecule has 2 unspecified atom stereocenters. The van der Waals surface area contributed by atoms with Crippen LogP contribution in [0.5, 0.6) is 0 Å². The summed E-state index contributed by atoms with van der Waals surface area (Å²) in [6.45, 7) is 2.27. The highest BCUT2D eigenvalue weighted by Gasteiger charge is 2.36. The zero-order valence-electron chi connectivity index (χ0n) is 10.9. The normalized spacial score (nSPS) is 31.6. The smallest absolute Gasteiger partial charge is 0.111 e. The van der Waals surface area contributed by atoms with Gasteiger partial charge in [-0.3, -0.25) is 0 Å². The highest BCUT2D eigenvalue weighted by atomic mass is 16.5. The van der Waals surface area contributed by atoms with Gasteiger partial charge in [-0.15, -0.1) is 0 Å². The van der Waals surface area contributed by atoms with Crippen molar-refractivity contribution in [2.75, 3.05) is 20.3 Å². The molecule has 1 fully saturated rings. The molecule has 3 rings (SSSR count). The van der Waals surface area contributed by atoms with Crippen LogP contribution >= 0.6 is 0 Å². The lowest BCUT2D eigenvalue weighted by Crippen LogP contribution is -2.37. The molecule has 2 atom stereocenters. The Kier molecular flexibility index (Phi) is 3.18. The van der Waals surface area contributed by atoms with Gasteiger partial charge in [-0.2, -0.15) is 0 Å². The van der Waals surface area contributed by atoms with Crippen molar-refractivity contribution < 1.29 is 14.6 Å². The molecule has 1 aromatic heterocycles. The van der Waals surface area contributed by atoms with Gasteiger partial charge in [0.05, 0.1) is 19.3 Å². The number of hydrogen-bond donors (Lipinski definition) is 1. The Bertz CT molecular complexity index is 421. The third-order valence-corrected chi connectivity index (χ3v) is 4.32. The van der Waals surface area contributed by atoms with Crippen molar-refractivity contribution in [1.82, 2.24) is 4.57 Å². The summed E-state index contributed by atoms with van der Waals surface area (Å²) in [6.07, 6.45) is 5.75. The third-order valence-electron chi connectivity index (χ3n) is 4.32. The predicted molar refractivity (Wildman–Crippen MR) is 67.5 cm³/mol. The lowest BCUT2D eigenvalue weighted by molar-refractivity contribution is -0.0300. The van der Waals surface area contributed by atoms with Crippen LogP contribution in [-0.4, -0.2) is 35.6 Å². The molecule has 1 aliphatic heterocycles. The molecular formula is C14H21NO3. The summed E-state index contributed by atoms with van der Waals surface area (Å²) in [5.41, 5.74) is 2.19. The molecule has 100 valence electrons. The van der Waals surface area contributed by atoms with Crippen LogP contribution in [0.2, 0.25) is 0 Å². The Balaban J connectivity index is 1.85. The second-order valence-corrected chi connectivity index (χ2v) is 5.44. The molecule has 18 heavy (non-hydrogen) atoms. The Morgan fingerprint density at radius 1 is 1.61 bits per heavy atom. The number of ether oxygens (including phenoxy) is 2. The van der Waals surface area contributed by atoms with E-state index in [4.69, 9.17) is 9.47 Å². The standard InChI is InChI=1S/C14H21NO3/c1-17-14(6-8-18-10-14)9-15-7-5-11-12(15)3-2-4-13(11)16/h5,7,13,16H,2-4,6,8-10H2,1H3. The summed E-state index contributed by atoms with van der Waals surface area (Å²) in [6, 6.07) is 2.05. The lowest BCUT2D eigenvalue weighted by Gasteiger charge is -2.28. The molecule has 4 nitrogen and oxygen atoms in total. The fourth-order valence-corrected chi connectivity index (χ4v) is 3.13. The zero-order valence-corrected chi connectivity index (χ0v) is 10.9. The van der Waals surface area contributed by atoms with Crippen LogP contribution in [0.25, 0.3) is 0 Å². The summed E-state index contributed by atoms with van der Waals surface area (Å²) in [7, 11) is 1.76. The van der Waals surface area contributed by atoms with Gasteiger partial charge in [0.1, 0.15) is 5.60 Å². The Morgan fingerprint density at radius 3 is 3.22 bits per heavy atom. The average molecular weight is 251 g/mol. The van der Waals surface area contributed by atoms with E-state index in [1.165, 1.54) is 5.69 Å². The summed E-state index contributed by atoms with van der Waals surface area (Å²) in [5, 5.41) is 9.99. The molecule has 0 radical (unpaired) electrons. The average Bonchev–Trinajstić information content (AvgIpc) is 2.99. The molecule has 2 heterocycles. The van der Waals surface area contributed by atoms with Gasteiger partial charge in [-0.05, 0) is 25.3 Å². The summed E-state index contributed by atoms with van der Waals surface area (Å²) in [5.74, 6) is 0. The molecular weight excluding hydrogens is 230 g/mol. The number of aliphatic hydroxyl groups is 1. The summed E-state index contributed by atoms with van der Waals surface area (Å²) < 4.78 is 13.4.